The maximum atomic E-state index is 4.81. The molecule has 3 saturated carbocycles. The van der Waals surface area contributed by atoms with Crippen LogP contribution in [0.15, 0.2) is 12.3 Å². The smallest absolute Gasteiger partial charge is 0.0762 e. The third-order valence-corrected chi connectivity index (χ3v) is 5.75. The van der Waals surface area contributed by atoms with Gasteiger partial charge in [0.15, 0.2) is 0 Å². The van der Waals surface area contributed by atoms with E-state index in [0.717, 1.165) is 24.3 Å². The summed E-state index contributed by atoms with van der Waals surface area (Å²) in [5, 5.41) is 8.49. The highest BCUT2D eigenvalue weighted by Gasteiger charge is 2.40. The van der Waals surface area contributed by atoms with E-state index in [1.807, 2.05) is 0 Å². The standard InChI is InChI=1S/C18H29N3/c1-2-4-17(5-3-1)21-11-10-16(20-21)12-19-13-18(14-6-7-14)15-8-9-15/h10-11,14-15,17-19H,1-9,12-13H2. The van der Waals surface area contributed by atoms with Gasteiger partial charge in [-0.15, -0.1) is 0 Å². The zero-order valence-corrected chi connectivity index (χ0v) is 13.1. The summed E-state index contributed by atoms with van der Waals surface area (Å²) in [6.45, 7) is 2.17. The molecule has 0 spiro atoms. The van der Waals surface area contributed by atoms with Gasteiger partial charge in [0.1, 0.15) is 0 Å². The molecule has 3 aliphatic carbocycles. The van der Waals surface area contributed by atoms with Crippen molar-refractivity contribution in [1.82, 2.24) is 15.1 Å². The number of hydrogen-bond donors (Lipinski definition) is 1. The van der Waals surface area contributed by atoms with Crippen molar-refractivity contribution in [2.24, 2.45) is 17.8 Å². The van der Waals surface area contributed by atoms with Crippen molar-refractivity contribution in [1.29, 1.82) is 0 Å². The monoisotopic (exact) mass is 287 g/mol. The summed E-state index contributed by atoms with van der Waals surface area (Å²) in [7, 11) is 0. The van der Waals surface area contributed by atoms with Gasteiger partial charge in [-0.3, -0.25) is 4.68 Å². The van der Waals surface area contributed by atoms with Crippen LogP contribution >= 0.6 is 0 Å². The van der Waals surface area contributed by atoms with E-state index in [0.29, 0.717) is 6.04 Å². The third kappa shape index (κ3) is 3.50. The van der Waals surface area contributed by atoms with Gasteiger partial charge < -0.3 is 5.32 Å². The zero-order chi connectivity index (χ0) is 14.1. The summed E-state index contributed by atoms with van der Waals surface area (Å²) in [5.74, 6) is 3.06. The van der Waals surface area contributed by atoms with Gasteiger partial charge in [-0.2, -0.15) is 5.10 Å². The lowest BCUT2D eigenvalue weighted by Gasteiger charge is -2.21. The Morgan fingerprint density at radius 2 is 1.76 bits per heavy atom. The van der Waals surface area contributed by atoms with Gasteiger partial charge in [-0.05, 0) is 68.9 Å². The van der Waals surface area contributed by atoms with Gasteiger partial charge in [0.2, 0.25) is 0 Å². The van der Waals surface area contributed by atoms with Gasteiger partial charge >= 0.3 is 0 Å². The first-order chi connectivity index (χ1) is 10.4. The fraction of sp³-hybridized carbons (Fsp3) is 0.833. The van der Waals surface area contributed by atoms with Crippen LogP contribution in [0.4, 0.5) is 0 Å². The minimum absolute atomic E-state index is 0.665. The van der Waals surface area contributed by atoms with Crippen LogP contribution in [-0.4, -0.2) is 16.3 Å². The molecule has 3 heteroatoms. The van der Waals surface area contributed by atoms with Crippen molar-refractivity contribution in [3.63, 3.8) is 0 Å². The molecule has 0 aromatic carbocycles. The first-order valence-electron chi connectivity index (χ1n) is 9.15. The lowest BCUT2D eigenvalue weighted by molar-refractivity contribution is 0.327. The molecule has 0 atom stereocenters. The van der Waals surface area contributed by atoms with Crippen LogP contribution < -0.4 is 5.32 Å². The van der Waals surface area contributed by atoms with Crippen molar-refractivity contribution >= 4 is 0 Å². The Hall–Kier alpha value is -0.830. The number of aromatic nitrogens is 2. The molecule has 1 N–H and O–H groups in total. The maximum absolute atomic E-state index is 4.81. The van der Waals surface area contributed by atoms with Crippen LogP contribution in [0.3, 0.4) is 0 Å². The first kappa shape index (κ1) is 13.8. The van der Waals surface area contributed by atoms with Crippen molar-refractivity contribution < 1.29 is 0 Å². The molecule has 0 radical (unpaired) electrons. The van der Waals surface area contributed by atoms with Gasteiger partial charge in [0.25, 0.3) is 0 Å². The van der Waals surface area contributed by atoms with Crippen molar-refractivity contribution in [2.45, 2.75) is 70.4 Å². The van der Waals surface area contributed by atoms with Crippen LogP contribution in [-0.2, 0) is 6.54 Å². The molecule has 116 valence electrons. The van der Waals surface area contributed by atoms with Crippen LogP contribution in [0.1, 0.15) is 69.5 Å². The number of nitrogens with zero attached hydrogens (tertiary/aromatic N) is 2. The van der Waals surface area contributed by atoms with Gasteiger partial charge in [0.05, 0.1) is 11.7 Å². The minimum Gasteiger partial charge on any atom is -0.311 e. The minimum atomic E-state index is 0.665. The molecule has 4 rings (SSSR count). The summed E-state index contributed by atoms with van der Waals surface area (Å²) >= 11 is 0. The lowest BCUT2D eigenvalue weighted by Crippen LogP contribution is -2.25. The second-order valence-electron chi connectivity index (χ2n) is 7.55. The molecule has 0 amide bonds. The fourth-order valence-electron chi connectivity index (χ4n) is 4.15. The molecule has 1 heterocycles. The second-order valence-corrected chi connectivity index (χ2v) is 7.55. The highest BCUT2D eigenvalue weighted by molar-refractivity contribution is 5.00. The first-order valence-corrected chi connectivity index (χ1v) is 9.15. The summed E-state index contributed by atoms with van der Waals surface area (Å²) < 4.78 is 2.23. The quantitative estimate of drug-likeness (QED) is 0.824. The summed E-state index contributed by atoms with van der Waals surface area (Å²) in [6, 6.07) is 2.88. The van der Waals surface area contributed by atoms with E-state index in [-0.39, 0.29) is 0 Å². The molecular weight excluding hydrogens is 258 g/mol. The van der Waals surface area contributed by atoms with E-state index in [9.17, 15) is 0 Å². The average molecular weight is 287 g/mol. The highest BCUT2D eigenvalue weighted by Crippen LogP contribution is 2.48. The van der Waals surface area contributed by atoms with E-state index in [1.54, 1.807) is 0 Å². The van der Waals surface area contributed by atoms with Crippen molar-refractivity contribution in [2.75, 3.05) is 6.54 Å². The molecule has 0 bridgehead atoms. The molecular formula is C18H29N3. The molecule has 1 aromatic heterocycles. The Morgan fingerprint density at radius 1 is 1.05 bits per heavy atom. The summed E-state index contributed by atoms with van der Waals surface area (Å²) in [5.41, 5.74) is 1.23. The maximum Gasteiger partial charge on any atom is 0.0762 e. The highest BCUT2D eigenvalue weighted by atomic mass is 15.3. The largest absolute Gasteiger partial charge is 0.311 e. The molecule has 1 aromatic rings. The third-order valence-electron chi connectivity index (χ3n) is 5.75. The Bertz CT molecular complexity index is 441. The Balaban J connectivity index is 1.26. The van der Waals surface area contributed by atoms with Crippen molar-refractivity contribution in [3.8, 4) is 0 Å². The van der Waals surface area contributed by atoms with Crippen LogP contribution in [0.5, 0.6) is 0 Å². The van der Waals surface area contributed by atoms with Gasteiger partial charge in [-0.25, -0.2) is 0 Å². The predicted octanol–water partition coefficient (Wildman–Crippen LogP) is 3.91. The lowest BCUT2D eigenvalue weighted by atomic mass is 9.96. The van der Waals surface area contributed by atoms with E-state index >= 15 is 0 Å². The molecule has 0 aliphatic heterocycles. The summed E-state index contributed by atoms with van der Waals surface area (Å²) in [6.07, 6.45) is 14.9. The number of nitrogens with one attached hydrogen (secondary N) is 1. The molecule has 3 aliphatic rings. The van der Waals surface area contributed by atoms with Crippen molar-refractivity contribution in [3.05, 3.63) is 18.0 Å². The average Bonchev–Trinajstić information content (AvgIpc) is 3.45. The topological polar surface area (TPSA) is 29.9 Å². The van der Waals surface area contributed by atoms with Crippen LogP contribution in [0.2, 0.25) is 0 Å². The molecule has 3 fully saturated rings. The van der Waals surface area contributed by atoms with E-state index in [1.165, 1.54) is 70.0 Å². The Kier molecular flexibility index (Phi) is 4.02. The normalized spacial score (nSPS) is 23.9. The van der Waals surface area contributed by atoms with E-state index in [4.69, 9.17) is 5.10 Å². The molecule has 0 unspecified atom stereocenters. The molecule has 21 heavy (non-hydrogen) atoms. The fourth-order valence-corrected chi connectivity index (χ4v) is 4.15. The Labute approximate surface area is 128 Å². The van der Waals surface area contributed by atoms with Crippen LogP contribution in [0, 0.1) is 17.8 Å². The number of hydrogen-bond acceptors (Lipinski definition) is 2. The second kappa shape index (κ2) is 6.12. The predicted molar refractivity (Wildman–Crippen MR) is 85.0 cm³/mol. The summed E-state index contributed by atoms with van der Waals surface area (Å²) in [4.78, 5) is 0. The van der Waals surface area contributed by atoms with Gasteiger partial charge in [-0.1, -0.05) is 19.3 Å². The molecule has 3 nitrogen and oxygen atoms in total. The number of rotatable bonds is 7. The van der Waals surface area contributed by atoms with Gasteiger partial charge in [0, 0.05) is 12.7 Å². The van der Waals surface area contributed by atoms with E-state index in [2.05, 4.69) is 22.3 Å². The molecule has 0 saturated heterocycles. The zero-order valence-electron chi connectivity index (χ0n) is 13.1. The SMILES string of the molecule is c1cn(C2CCCCC2)nc1CNCC(C1CC1)C1CC1. The van der Waals surface area contributed by atoms with Crippen LogP contribution in [0.25, 0.3) is 0 Å². The Morgan fingerprint density at radius 3 is 2.43 bits per heavy atom. The van der Waals surface area contributed by atoms with E-state index < -0.39 is 0 Å².